The largest absolute Gasteiger partial charge is 0.370 e. The van der Waals surface area contributed by atoms with Gasteiger partial charge < -0.3 is 5.32 Å². The SMILES string of the molecule is CCCNc1nc2c(Cl)cccc2cc1CC. The number of fused-ring (bicyclic) bond motifs is 1. The van der Waals surface area contributed by atoms with E-state index in [9.17, 15) is 0 Å². The van der Waals surface area contributed by atoms with E-state index in [0.717, 1.165) is 36.1 Å². The highest BCUT2D eigenvalue weighted by Crippen LogP contribution is 2.26. The lowest BCUT2D eigenvalue weighted by molar-refractivity contribution is 0.962. The third kappa shape index (κ3) is 2.52. The van der Waals surface area contributed by atoms with Gasteiger partial charge in [-0.2, -0.15) is 0 Å². The molecule has 1 heterocycles. The van der Waals surface area contributed by atoms with Crippen LogP contribution in [0.1, 0.15) is 25.8 Å². The highest BCUT2D eigenvalue weighted by atomic mass is 35.5. The summed E-state index contributed by atoms with van der Waals surface area (Å²) in [4.78, 5) is 4.64. The van der Waals surface area contributed by atoms with E-state index >= 15 is 0 Å². The second-order valence-corrected chi connectivity index (χ2v) is 4.50. The molecular formula is C14H17ClN2. The lowest BCUT2D eigenvalue weighted by Gasteiger charge is -2.11. The van der Waals surface area contributed by atoms with Crippen LogP contribution >= 0.6 is 11.6 Å². The van der Waals surface area contributed by atoms with Crippen molar-refractivity contribution >= 4 is 28.3 Å². The summed E-state index contributed by atoms with van der Waals surface area (Å²) in [5.74, 6) is 0.968. The molecule has 1 aromatic heterocycles. The number of hydrogen-bond donors (Lipinski definition) is 1. The quantitative estimate of drug-likeness (QED) is 0.874. The summed E-state index contributed by atoms with van der Waals surface area (Å²) in [6.07, 6.45) is 2.06. The minimum atomic E-state index is 0.713. The monoisotopic (exact) mass is 248 g/mol. The maximum absolute atomic E-state index is 6.17. The Bertz CT molecular complexity index is 523. The van der Waals surface area contributed by atoms with E-state index in [4.69, 9.17) is 11.6 Å². The molecule has 0 fully saturated rings. The number of rotatable bonds is 4. The molecule has 2 aromatic rings. The van der Waals surface area contributed by atoms with Crippen LogP contribution in [0.2, 0.25) is 5.02 Å². The van der Waals surface area contributed by atoms with Gasteiger partial charge in [0.2, 0.25) is 0 Å². The summed E-state index contributed by atoms with van der Waals surface area (Å²) < 4.78 is 0. The number of benzene rings is 1. The van der Waals surface area contributed by atoms with E-state index < -0.39 is 0 Å². The molecule has 2 rings (SSSR count). The number of nitrogens with one attached hydrogen (secondary N) is 1. The first-order chi connectivity index (χ1) is 8.26. The van der Waals surface area contributed by atoms with E-state index in [1.165, 1.54) is 5.56 Å². The highest BCUT2D eigenvalue weighted by molar-refractivity contribution is 6.35. The number of anilines is 1. The molecule has 0 bridgehead atoms. The van der Waals surface area contributed by atoms with Gasteiger partial charge in [-0.3, -0.25) is 0 Å². The first-order valence-corrected chi connectivity index (χ1v) is 6.46. The molecule has 0 aliphatic carbocycles. The maximum Gasteiger partial charge on any atom is 0.129 e. The number of aromatic nitrogens is 1. The van der Waals surface area contributed by atoms with Gasteiger partial charge in [0.05, 0.1) is 10.5 Å². The number of pyridine rings is 1. The van der Waals surface area contributed by atoms with Crippen molar-refractivity contribution in [1.82, 2.24) is 4.98 Å². The molecule has 0 unspecified atom stereocenters. The first kappa shape index (κ1) is 12.2. The lowest BCUT2D eigenvalue weighted by Crippen LogP contribution is -2.05. The molecule has 0 saturated heterocycles. The van der Waals surface area contributed by atoms with Crippen molar-refractivity contribution in [2.24, 2.45) is 0 Å². The maximum atomic E-state index is 6.17. The van der Waals surface area contributed by atoms with Gasteiger partial charge in [0.1, 0.15) is 5.82 Å². The van der Waals surface area contributed by atoms with Gasteiger partial charge in [-0.25, -0.2) is 4.98 Å². The average Bonchev–Trinajstić information content (AvgIpc) is 2.36. The van der Waals surface area contributed by atoms with Crippen molar-refractivity contribution < 1.29 is 0 Å². The van der Waals surface area contributed by atoms with Crippen LogP contribution in [0.15, 0.2) is 24.3 Å². The van der Waals surface area contributed by atoms with Crippen LogP contribution in [0.25, 0.3) is 10.9 Å². The van der Waals surface area contributed by atoms with Crippen molar-refractivity contribution in [3.05, 3.63) is 34.9 Å². The third-order valence-corrected chi connectivity index (χ3v) is 3.10. The minimum absolute atomic E-state index is 0.713. The average molecular weight is 249 g/mol. The Morgan fingerprint density at radius 1 is 1.29 bits per heavy atom. The standard InChI is InChI=1S/C14H17ClN2/c1-3-8-16-14-10(4-2)9-11-6-5-7-12(15)13(11)17-14/h5-7,9H,3-4,8H2,1-2H3,(H,16,17). The van der Waals surface area contributed by atoms with Crippen LogP contribution < -0.4 is 5.32 Å². The summed E-state index contributed by atoms with van der Waals surface area (Å²) >= 11 is 6.17. The Kier molecular flexibility index (Phi) is 3.85. The van der Waals surface area contributed by atoms with Crippen LogP contribution in [0, 0.1) is 0 Å². The Hall–Kier alpha value is -1.28. The Morgan fingerprint density at radius 2 is 2.12 bits per heavy atom. The van der Waals surface area contributed by atoms with Crippen molar-refractivity contribution in [1.29, 1.82) is 0 Å². The van der Waals surface area contributed by atoms with Crippen LogP contribution in [0.5, 0.6) is 0 Å². The van der Waals surface area contributed by atoms with Gasteiger partial charge in [-0.05, 0) is 30.5 Å². The molecular weight excluding hydrogens is 232 g/mol. The fourth-order valence-corrected chi connectivity index (χ4v) is 2.10. The van der Waals surface area contributed by atoms with Gasteiger partial charge in [0.15, 0.2) is 0 Å². The zero-order valence-corrected chi connectivity index (χ0v) is 11.0. The highest BCUT2D eigenvalue weighted by Gasteiger charge is 2.07. The van der Waals surface area contributed by atoms with Gasteiger partial charge in [0, 0.05) is 11.9 Å². The summed E-state index contributed by atoms with van der Waals surface area (Å²) in [6.45, 7) is 5.23. The molecule has 1 aromatic carbocycles. The van der Waals surface area contributed by atoms with Crippen LogP contribution in [-0.2, 0) is 6.42 Å². The summed E-state index contributed by atoms with van der Waals surface area (Å²) in [7, 11) is 0. The second kappa shape index (κ2) is 5.37. The van der Waals surface area contributed by atoms with Crippen molar-refractivity contribution in [3.63, 3.8) is 0 Å². The summed E-state index contributed by atoms with van der Waals surface area (Å²) in [5.41, 5.74) is 2.12. The number of aryl methyl sites for hydroxylation is 1. The van der Waals surface area contributed by atoms with E-state index in [1.54, 1.807) is 0 Å². The summed E-state index contributed by atoms with van der Waals surface area (Å²) in [5, 5.41) is 5.18. The molecule has 0 aliphatic heterocycles. The van der Waals surface area contributed by atoms with Gasteiger partial charge >= 0.3 is 0 Å². The predicted octanol–water partition coefficient (Wildman–Crippen LogP) is 4.27. The van der Waals surface area contributed by atoms with Gasteiger partial charge in [-0.1, -0.05) is 37.6 Å². The van der Waals surface area contributed by atoms with Crippen molar-refractivity contribution in [2.75, 3.05) is 11.9 Å². The van der Waals surface area contributed by atoms with Crippen LogP contribution in [0.3, 0.4) is 0 Å². The fourth-order valence-electron chi connectivity index (χ4n) is 1.87. The molecule has 1 N–H and O–H groups in total. The molecule has 0 amide bonds. The van der Waals surface area contributed by atoms with E-state index in [0.29, 0.717) is 5.02 Å². The first-order valence-electron chi connectivity index (χ1n) is 6.08. The smallest absolute Gasteiger partial charge is 0.129 e. The Morgan fingerprint density at radius 3 is 2.82 bits per heavy atom. The molecule has 90 valence electrons. The number of halogens is 1. The molecule has 0 aliphatic rings. The van der Waals surface area contributed by atoms with Gasteiger partial charge in [-0.15, -0.1) is 0 Å². The number of hydrogen-bond acceptors (Lipinski definition) is 2. The van der Waals surface area contributed by atoms with Gasteiger partial charge in [0.25, 0.3) is 0 Å². The predicted molar refractivity (Wildman–Crippen MR) is 74.9 cm³/mol. The Labute approximate surface area is 107 Å². The number of nitrogens with zero attached hydrogens (tertiary/aromatic N) is 1. The molecule has 0 radical (unpaired) electrons. The molecule has 3 heteroatoms. The number of para-hydroxylation sites is 1. The van der Waals surface area contributed by atoms with E-state index in [2.05, 4.69) is 36.3 Å². The van der Waals surface area contributed by atoms with E-state index in [-0.39, 0.29) is 0 Å². The molecule has 0 spiro atoms. The summed E-state index contributed by atoms with van der Waals surface area (Å²) in [6, 6.07) is 8.07. The van der Waals surface area contributed by atoms with Crippen molar-refractivity contribution in [2.45, 2.75) is 26.7 Å². The molecule has 2 nitrogen and oxygen atoms in total. The normalized spacial score (nSPS) is 10.8. The zero-order chi connectivity index (χ0) is 12.3. The van der Waals surface area contributed by atoms with Crippen LogP contribution in [-0.4, -0.2) is 11.5 Å². The van der Waals surface area contributed by atoms with E-state index in [1.807, 2.05) is 12.1 Å². The minimum Gasteiger partial charge on any atom is -0.370 e. The molecule has 0 atom stereocenters. The van der Waals surface area contributed by atoms with Crippen LogP contribution in [0.4, 0.5) is 5.82 Å². The fraction of sp³-hybridized carbons (Fsp3) is 0.357. The third-order valence-electron chi connectivity index (χ3n) is 2.80. The Balaban J connectivity index is 2.53. The molecule has 17 heavy (non-hydrogen) atoms. The van der Waals surface area contributed by atoms with Crippen molar-refractivity contribution in [3.8, 4) is 0 Å². The second-order valence-electron chi connectivity index (χ2n) is 4.09. The lowest BCUT2D eigenvalue weighted by atomic mass is 10.1. The topological polar surface area (TPSA) is 24.9 Å². The zero-order valence-electron chi connectivity index (χ0n) is 10.3. The molecule has 0 saturated carbocycles.